The third kappa shape index (κ3) is 6.53. The molecule has 0 amide bonds. The van der Waals surface area contributed by atoms with Crippen molar-refractivity contribution in [2.24, 2.45) is 5.92 Å². The summed E-state index contributed by atoms with van der Waals surface area (Å²) < 4.78 is 12.1. The number of ketones is 1. The van der Waals surface area contributed by atoms with E-state index in [9.17, 15) is 9.59 Å². The minimum Gasteiger partial charge on any atom is -0.493 e. The molecule has 0 saturated heterocycles. The molecule has 0 saturated carbocycles. The summed E-state index contributed by atoms with van der Waals surface area (Å²) >= 11 is 6.70. The number of ether oxygens (including phenoxy) is 2. The number of carbonyl (C=O) groups is 2. The average molecular weight is 623 g/mol. The maximum absolute atomic E-state index is 14.2. The summed E-state index contributed by atoms with van der Waals surface area (Å²) in [6, 6.07) is 30.9. The van der Waals surface area contributed by atoms with Gasteiger partial charge in [0.05, 0.1) is 24.7 Å². The van der Waals surface area contributed by atoms with Gasteiger partial charge < -0.3 is 9.47 Å². The fraction of sp³-hybridized carbons (Fsp3) is 0.184. The predicted octanol–water partition coefficient (Wildman–Crippen LogP) is 6.81. The van der Waals surface area contributed by atoms with E-state index in [4.69, 9.17) is 21.1 Å². The smallest absolute Gasteiger partial charge is 0.338 e. The van der Waals surface area contributed by atoms with Crippen LogP contribution < -0.4 is 15.9 Å². The monoisotopic (exact) mass is 622 g/mol. The van der Waals surface area contributed by atoms with Crippen molar-refractivity contribution in [3.63, 3.8) is 0 Å². The topological polar surface area (TPSA) is 52.6 Å². The summed E-state index contributed by atoms with van der Waals surface area (Å²) in [4.78, 5) is 28.3. The molecule has 6 heteroatoms. The first-order chi connectivity index (χ1) is 21.5. The van der Waals surface area contributed by atoms with Crippen molar-refractivity contribution in [3.8, 4) is 0 Å². The molecule has 0 N–H and O–H groups in total. The second-order valence-electron chi connectivity index (χ2n) is 10.4. The van der Waals surface area contributed by atoms with Gasteiger partial charge >= 0.3 is 5.97 Å². The van der Waals surface area contributed by atoms with Crippen LogP contribution in [0, 0.1) is 5.92 Å². The van der Waals surface area contributed by atoms with Crippen LogP contribution in [-0.4, -0.2) is 36.1 Å². The number of hydrogen-bond acceptors (Lipinski definition) is 4. The molecule has 2 atom stereocenters. The largest absolute Gasteiger partial charge is 0.493 e. The number of Topliss-reactive ketones (excluding diaryl/α,β-unsaturated/α-hetero) is 1. The number of hydrogen-bond donors (Lipinski definition) is 0. The van der Waals surface area contributed by atoms with Crippen molar-refractivity contribution < 1.29 is 19.1 Å². The second kappa shape index (κ2) is 14.6. The lowest BCUT2D eigenvalue weighted by Gasteiger charge is -2.31. The molecule has 224 valence electrons. The van der Waals surface area contributed by atoms with E-state index in [-0.39, 0.29) is 24.6 Å². The van der Waals surface area contributed by atoms with Gasteiger partial charge in [0.25, 0.3) is 0 Å². The first kappa shape index (κ1) is 31.3. The molecule has 2 aliphatic rings. The first-order valence-electron chi connectivity index (χ1n) is 14.9. The molecule has 3 aromatic carbocycles. The van der Waals surface area contributed by atoms with Gasteiger partial charge in [0.15, 0.2) is 5.78 Å². The van der Waals surface area contributed by atoms with E-state index >= 15 is 0 Å². The summed E-state index contributed by atoms with van der Waals surface area (Å²) in [6.45, 7) is 1.46. The van der Waals surface area contributed by atoms with Crippen molar-refractivity contribution in [3.05, 3.63) is 150 Å². The highest BCUT2D eigenvalue weighted by Gasteiger charge is 2.39. The third-order valence-corrected chi connectivity index (χ3v) is 12.0. The quantitative estimate of drug-likeness (QED) is 0.0865. The number of fused-ring (bicyclic) bond motifs is 2. The zero-order valence-corrected chi connectivity index (χ0v) is 26.6. The number of halogens is 1. The normalized spacial score (nSPS) is 19.3. The summed E-state index contributed by atoms with van der Waals surface area (Å²) in [7, 11) is 0. The van der Waals surface area contributed by atoms with Gasteiger partial charge in [-0.05, 0) is 54.4 Å². The SMILES string of the molecule is CCOC(=O)/C(=C(\C=P(c1ccccc1)(c1ccccc1)c1ccccc1)OCC)C1C(=O)C(Cl)/C=C\C2=CC=CC=C1C2. The zero-order valence-electron chi connectivity index (χ0n) is 24.9. The van der Waals surface area contributed by atoms with Crippen molar-refractivity contribution in [2.75, 3.05) is 13.2 Å². The Bertz CT molecular complexity index is 1600. The molecule has 5 rings (SSSR count). The number of benzene rings is 3. The van der Waals surface area contributed by atoms with E-state index < -0.39 is 24.2 Å². The van der Waals surface area contributed by atoms with Gasteiger partial charge in [-0.3, -0.25) is 4.79 Å². The number of allylic oxidation sites excluding steroid dienone is 9. The Morgan fingerprint density at radius 1 is 0.818 bits per heavy atom. The van der Waals surface area contributed by atoms with Crippen LogP contribution >= 0.6 is 18.5 Å². The molecule has 4 nitrogen and oxygen atoms in total. The maximum Gasteiger partial charge on any atom is 0.338 e. The average Bonchev–Trinajstić information content (AvgIpc) is 3.31. The lowest BCUT2D eigenvalue weighted by Crippen LogP contribution is -2.33. The molecular formula is C38H36ClO4P. The summed E-state index contributed by atoms with van der Waals surface area (Å²) in [5, 5.41) is 2.32. The van der Waals surface area contributed by atoms with Gasteiger partial charge in [-0.25, -0.2) is 4.79 Å². The summed E-state index contributed by atoms with van der Waals surface area (Å²) in [5.74, 6) is 0.584. The Morgan fingerprint density at radius 3 is 1.86 bits per heavy atom. The third-order valence-electron chi connectivity index (χ3n) is 7.70. The molecule has 0 aliphatic heterocycles. The van der Waals surface area contributed by atoms with E-state index in [1.807, 2.05) is 91.9 Å². The highest BCUT2D eigenvalue weighted by molar-refractivity contribution is 7.94. The number of carbonyl (C=O) groups excluding carboxylic acids is 2. The molecule has 2 unspecified atom stereocenters. The van der Waals surface area contributed by atoms with Crippen LogP contribution in [0.2, 0.25) is 0 Å². The Morgan fingerprint density at radius 2 is 1.34 bits per heavy atom. The van der Waals surface area contributed by atoms with E-state index in [1.165, 1.54) is 0 Å². The van der Waals surface area contributed by atoms with Crippen LogP contribution in [0.1, 0.15) is 20.3 Å². The fourth-order valence-electron chi connectivity index (χ4n) is 5.74. The fourth-order valence-corrected chi connectivity index (χ4v) is 9.78. The molecular weight excluding hydrogens is 587 g/mol. The number of rotatable bonds is 9. The molecule has 0 aromatic heterocycles. The molecule has 44 heavy (non-hydrogen) atoms. The molecule has 2 aliphatic carbocycles. The van der Waals surface area contributed by atoms with Gasteiger partial charge in [-0.1, -0.05) is 133 Å². The lowest BCUT2D eigenvalue weighted by molar-refractivity contribution is -0.140. The van der Waals surface area contributed by atoms with E-state index in [1.54, 1.807) is 13.0 Å². The standard InChI is InChI=1S/C38H36ClO4P/c1-3-42-34(36(38(41)43-4-2)35-29-17-15-14-16-28(26-29)24-25-33(39)37(35)40)27-44(30-18-8-5-9-19-30,31-20-10-6-11-21-31)32-22-12-7-13-23-32/h5-25,27,33,35H,3-4,26H2,1-2H3/b25-24-,36-34+. The summed E-state index contributed by atoms with van der Waals surface area (Å²) in [5.41, 5.74) is 1.94. The molecule has 0 spiro atoms. The second-order valence-corrected chi connectivity index (χ2v) is 14.2. The van der Waals surface area contributed by atoms with Gasteiger partial charge in [0.2, 0.25) is 0 Å². The minimum absolute atomic E-state index is 0.146. The van der Waals surface area contributed by atoms with Crippen LogP contribution in [0.15, 0.2) is 150 Å². The van der Waals surface area contributed by atoms with Crippen LogP contribution in [0.3, 0.4) is 0 Å². The van der Waals surface area contributed by atoms with Crippen LogP contribution in [0.25, 0.3) is 0 Å². The number of esters is 1. The first-order valence-corrected chi connectivity index (χ1v) is 17.2. The van der Waals surface area contributed by atoms with Crippen LogP contribution in [0.4, 0.5) is 0 Å². The van der Waals surface area contributed by atoms with Gasteiger partial charge in [-0.15, -0.1) is 11.6 Å². The van der Waals surface area contributed by atoms with E-state index in [0.717, 1.165) is 27.1 Å². The minimum atomic E-state index is -2.61. The Balaban J connectivity index is 1.94. The zero-order chi connectivity index (χ0) is 30.9. The van der Waals surface area contributed by atoms with E-state index in [2.05, 4.69) is 42.2 Å². The van der Waals surface area contributed by atoms with Crippen molar-refractivity contribution in [1.82, 2.24) is 0 Å². The van der Waals surface area contributed by atoms with Gasteiger partial charge in [0, 0.05) is 0 Å². The molecule has 0 heterocycles. The highest BCUT2D eigenvalue weighted by Crippen LogP contribution is 2.46. The van der Waals surface area contributed by atoms with E-state index in [0.29, 0.717) is 12.2 Å². The van der Waals surface area contributed by atoms with Gasteiger partial charge in [-0.2, -0.15) is 0 Å². The molecule has 2 bridgehead atoms. The highest BCUT2D eigenvalue weighted by atomic mass is 35.5. The van der Waals surface area contributed by atoms with Crippen LogP contribution in [-0.2, 0) is 19.1 Å². The Kier molecular flexibility index (Phi) is 10.4. The maximum atomic E-state index is 14.2. The van der Waals surface area contributed by atoms with Crippen molar-refractivity contribution in [2.45, 2.75) is 25.6 Å². The molecule has 0 fully saturated rings. The van der Waals surface area contributed by atoms with Crippen molar-refractivity contribution >= 4 is 51.9 Å². The lowest BCUT2D eigenvalue weighted by atomic mass is 9.80. The Hall–Kier alpha value is -4.11. The predicted molar refractivity (Wildman–Crippen MR) is 184 cm³/mol. The van der Waals surface area contributed by atoms with Crippen molar-refractivity contribution in [1.29, 1.82) is 0 Å². The Labute approximate surface area is 265 Å². The van der Waals surface area contributed by atoms with Gasteiger partial charge in [0.1, 0.15) is 11.1 Å². The number of alkyl halides is 1. The van der Waals surface area contributed by atoms with Crippen LogP contribution in [0.5, 0.6) is 0 Å². The molecule has 0 radical (unpaired) electrons. The summed E-state index contributed by atoms with van der Waals surface area (Å²) in [6.07, 6.45) is 11.8. The molecule has 3 aromatic rings.